The number of methoxy groups -OCH3 is 1. The van der Waals surface area contributed by atoms with Crippen LogP contribution >= 0.6 is 0 Å². The van der Waals surface area contributed by atoms with Gasteiger partial charge in [-0.2, -0.15) is 0 Å². The molecule has 0 saturated carbocycles. The fraction of sp³-hybridized carbons (Fsp3) is 0.130. The quantitative estimate of drug-likeness (QED) is 0.443. The van der Waals surface area contributed by atoms with E-state index in [1.165, 1.54) is 0 Å². The zero-order chi connectivity index (χ0) is 18.4. The van der Waals surface area contributed by atoms with Crippen molar-refractivity contribution in [3.63, 3.8) is 0 Å². The van der Waals surface area contributed by atoms with E-state index >= 15 is 0 Å². The average molecular weight is 358 g/mol. The topological polar surface area (TPSA) is 18.5 Å². The molecule has 26 heavy (non-hydrogen) atoms. The van der Waals surface area contributed by atoms with Gasteiger partial charge >= 0.3 is 0 Å². The van der Waals surface area contributed by atoms with E-state index in [2.05, 4.69) is 16.8 Å². The Kier molecular flexibility index (Phi) is 5.59. The van der Waals surface area contributed by atoms with Gasteiger partial charge < -0.3 is 9.47 Å². The first-order chi connectivity index (χ1) is 12.7. The summed E-state index contributed by atoms with van der Waals surface area (Å²) in [5, 5.41) is -0.824. The van der Waals surface area contributed by atoms with E-state index in [1.54, 1.807) is 7.11 Å². The van der Waals surface area contributed by atoms with Gasteiger partial charge in [0.15, 0.2) is 11.5 Å². The van der Waals surface area contributed by atoms with Crippen LogP contribution in [0.2, 0.25) is 0 Å². The molecule has 0 atom stereocenters. The summed E-state index contributed by atoms with van der Waals surface area (Å²) in [6, 6.07) is 26.1. The maximum atomic E-state index is 6.49. The summed E-state index contributed by atoms with van der Waals surface area (Å²) in [7, 11) is 5.58. The fourth-order valence-corrected chi connectivity index (χ4v) is 3.33. The molecule has 0 amide bonds. The van der Waals surface area contributed by atoms with Gasteiger partial charge in [0.05, 0.1) is 7.11 Å². The van der Waals surface area contributed by atoms with Crippen LogP contribution in [-0.2, 0) is 11.6 Å². The molecule has 3 radical (unpaired) electrons. The van der Waals surface area contributed by atoms with Crippen LogP contribution in [0.15, 0.2) is 91.5 Å². The molecule has 3 aromatic carbocycles. The minimum atomic E-state index is -0.824. The molecule has 0 N–H and O–H groups in total. The molecule has 0 aromatic heterocycles. The van der Waals surface area contributed by atoms with Crippen LogP contribution in [0.4, 0.5) is 0 Å². The average Bonchev–Trinajstić information content (AvgIpc) is 2.70. The molecule has 0 aliphatic rings. The second-order valence-electron chi connectivity index (χ2n) is 5.99. The van der Waals surface area contributed by atoms with Crippen LogP contribution in [0.25, 0.3) is 0 Å². The third-order valence-corrected chi connectivity index (χ3v) is 4.91. The lowest BCUT2D eigenvalue weighted by molar-refractivity contribution is 0.192. The van der Waals surface area contributed by atoms with E-state index in [0.29, 0.717) is 11.5 Å². The number of hydrogen-bond donors (Lipinski definition) is 0. The summed E-state index contributed by atoms with van der Waals surface area (Å²) in [5.41, 5.74) is 3.13. The Morgan fingerprint density at radius 3 is 1.96 bits per heavy atom. The van der Waals surface area contributed by atoms with Crippen molar-refractivity contribution in [2.24, 2.45) is 0 Å². The zero-order valence-electron chi connectivity index (χ0n) is 14.8. The Morgan fingerprint density at radius 2 is 1.46 bits per heavy atom. The van der Waals surface area contributed by atoms with Crippen LogP contribution < -0.4 is 9.47 Å². The highest BCUT2D eigenvalue weighted by atomic mass is 28.1. The van der Waals surface area contributed by atoms with E-state index < -0.39 is 5.22 Å². The first-order valence-corrected chi connectivity index (χ1v) is 9.00. The van der Waals surface area contributed by atoms with E-state index in [0.717, 1.165) is 23.1 Å². The van der Waals surface area contributed by atoms with Crippen molar-refractivity contribution in [1.82, 2.24) is 0 Å². The third-order valence-electron chi connectivity index (χ3n) is 4.23. The lowest BCUT2D eigenvalue weighted by atomic mass is 10.00. The Balaban J connectivity index is 2.06. The molecule has 0 heterocycles. The normalized spacial score (nSPS) is 11.0. The lowest BCUT2D eigenvalue weighted by Gasteiger charge is -2.32. The van der Waals surface area contributed by atoms with E-state index in [-0.39, 0.29) is 0 Å². The fourth-order valence-electron chi connectivity index (χ4n) is 2.89. The SMILES string of the molecule is C=CCc1ccc(OC([Si])(c2ccccc2)c2ccccc2)c(OC)c1. The number of benzene rings is 3. The Morgan fingerprint density at radius 1 is 0.885 bits per heavy atom. The molecule has 3 heteroatoms. The molecule has 0 bridgehead atoms. The van der Waals surface area contributed by atoms with E-state index in [9.17, 15) is 0 Å². The Hall–Kier alpha value is -2.78. The van der Waals surface area contributed by atoms with Gasteiger partial charge in [-0.25, -0.2) is 0 Å². The van der Waals surface area contributed by atoms with Crippen LogP contribution in [-0.4, -0.2) is 17.4 Å². The molecule has 0 spiro atoms. The standard InChI is InChI=1S/C23H21O2Si/c1-3-10-18-15-16-21(22(17-18)24-2)25-23(26,19-11-6-4-7-12-19)20-13-8-5-9-14-20/h3-9,11-17H,1,10H2,2H3. The minimum Gasteiger partial charge on any atom is -0.493 e. The van der Waals surface area contributed by atoms with Crippen molar-refractivity contribution < 1.29 is 9.47 Å². The molecule has 2 nitrogen and oxygen atoms in total. The van der Waals surface area contributed by atoms with E-state index in [1.807, 2.05) is 84.9 Å². The Bertz CT molecular complexity index is 820. The van der Waals surface area contributed by atoms with Gasteiger partial charge in [0.25, 0.3) is 0 Å². The van der Waals surface area contributed by atoms with Crippen molar-refractivity contribution in [2.45, 2.75) is 11.6 Å². The second kappa shape index (κ2) is 8.06. The molecular weight excluding hydrogens is 336 g/mol. The maximum Gasteiger partial charge on any atom is 0.162 e. The molecule has 3 rings (SSSR count). The highest BCUT2D eigenvalue weighted by Crippen LogP contribution is 2.37. The molecule has 0 saturated heterocycles. The Labute approximate surface area is 158 Å². The van der Waals surface area contributed by atoms with E-state index in [4.69, 9.17) is 9.47 Å². The summed E-state index contributed by atoms with van der Waals surface area (Å²) in [6.07, 6.45) is 2.66. The van der Waals surface area contributed by atoms with Crippen molar-refractivity contribution in [1.29, 1.82) is 0 Å². The van der Waals surface area contributed by atoms with Crippen LogP contribution in [0.1, 0.15) is 16.7 Å². The molecule has 0 unspecified atom stereocenters. The largest absolute Gasteiger partial charge is 0.493 e. The van der Waals surface area contributed by atoms with Gasteiger partial charge in [0, 0.05) is 0 Å². The summed E-state index contributed by atoms with van der Waals surface area (Å²) in [6.45, 7) is 3.79. The van der Waals surface area contributed by atoms with Crippen LogP contribution in [0.3, 0.4) is 0 Å². The maximum absolute atomic E-state index is 6.49. The van der Waals surface area contributed by atoms with Gasteiger partial charge in [0.1, 0.15) is 15.5 Å². The van der Waals surface area contributed by atoms with Crippen molar-refractivity contribution >= 4 is 10.2 Å². The molecule has 0 aliphatic heterocycles. The van der Waals surface area contributed by atoms with Crippen molar-refractivity contribution in [3.05, 3.63) is 108 Å². The highest BCUT2D eigenvalue weighted by Gasteiger charge is 2.32. The summed E-state index contributed by atoms with van der Waals surface area (Å²) in [4.78, 5) is 0. The van der Waals surface area contributed by atoms with Gasteiger partial charge in [-0.15, -0.1) is 6.58 Å². The predicted octanol–water partition coefficient (Wildman–Crippen LogP) is 4.87. The number of ether oxygens (including phenoxy) is 2. The molecular formula is C23H21O2Si. The third kappa shape index (κ3) is 3.73. The monoisotopic (exact) mass is 357 g/mol. The smallest absolute Gasteiger partial charge is 0.162 e. The first-order valence-electron chi connectivity index (χ1n) is 8.50. The number of allylic oxidation sites excluding steroid dienone is 1. The molecule has 129 valence electrons. The van der Waals surface area contributed by atoms with Gasteiger partial charge in [0.2, 0.25) is 0 Å². The first kappa shape index (κ1) is 18.0. The van der Waals surface area contributed by atoms with Crippen LogP contribution in [0.5, 0.6) is 11.5 Å². The van der Waals surface area contributed by atoms with Gasteiger partial charge in [-0.3, -0.25) is 0 Å². The predicted molar refractivity (Wildman–Crippen MR) is 107 cm³/mol. The highest BCUT2D eigenvalue weighted by molar-refractivity contribution is 6.17. The van der Waals surface area contributed by atoms with Gasteiger partial charge in [-0.05, 0) is 35.2 Å². The molecule has 0 aliphatic carbocycles. The zero-order valence-corrected chi connectivity index (χ0v) is 15.8. The van der Waals surface area contributed by atoms with Gasteiger partial charge in [-0.1, -0.05) is 72.8 Å². The summed E-state index contributed by atoms with van der Waals surface area (Å²) < 4.78 is 12.1. The van der Waals surface area contributed by atoms with Crippen LogP contribution in [0, 0.1) is 0 Å². The second-order valence-corrected chi connectivity index (χ2v) is 6.70. The minimum absolute atomic E-state index is 0.669. The van der Waals surface area contributed by atoms with Crippen molar-refractivity contribution in [3.8, 4) is 11.5 Å². The number of hydrogen-bond acceptors (Lipinski definition) is 2. The molecule has 0 fully saturated rings. The lowest BCUT2D eigenvalue weighted by Crippen LogP contribution is -2.35. The van der Waals surface area contributed by atoms with Crippen molar-refractivity contribution in [2.75, 3.05) is 7.11 Å². The number of rotatable bonds is 7. The molecule has 3 aromatic rings. The summed E-state index contributed by atoms with van der Waals surface area (Å²) >= 11 is 0. The summed E-state index contributed by atoms with van der Waals surface area (Å²) in [5.74, 6) is 1.36.